The van der Waals surface area contributed by atoms with Crippen LogP contribution >= 0.6 is 11.6 Å². The molecule has 1 aromatic carbocycles. The van der Waals surface area contributed by atoms with E-state index in [4.69, 9.17) is 16.3 Å². The lowest BCUT2D eigenvalue weighted by Crippen LogP contribution is -2.50. The number of nitrogens with one attached hydrogen (secondary N) is 1. The summed E-state index contributed by atoms with van der Waals surface area (Å²) in [7, 11) is 0. The number of fused-ring (bicyclic) bond motifs is 1. The summed E-state index contributed by atoms with van der Waals surface area (Å²) in [6.07, 6.45) is 2.92. The molecule has 1 aliphatic heterocycles. The summed E-state index contributed by atoms with van der Waals surface area (Å²) in [5.74, 6) is 0.157. The highest BCUT2D eigenvalue weighted by Gasteiger charge is 2.37. The Hall–Kier alpha value is -3.99. The van der Waals surface area contributed by atoms with E-state index in [-0.39, 0.29) is 17.9 Å². The van der Waals surface area contributed by atoms with Gasteiger partial charge < -0.3 is 15.0 Å². The van der Waals surface area contributed by atoms with Crippen molar-refractivity contribution >= 4 is 34.8 Å². The highest BCUT2D eigenvalue weighted by Crippen LogP contribution is 2.28. The minimum Gasteiger partial charge on any atom is -0.444 e. The van der Waals surface area contributed by atoms with Crippen molar-refractivity contribution in [3.63, 3.8) is 0 Å². The number of nitrogens with zero attached hydrogens (tertiary/aromatic N) is 7. The van der Waals surface area contributed by atoms with Crippen molar-refractivity contribution in [3.8, 4) is 5.69 Å². The van der Waals surface area contributed by atoms with Crippen molar-refractivity contribution in [3.05, 3.63) is 65.2 Å². The van der Waals surface area contributed by atoms with Gasteiger partial charge in [0.05, 0.1) is 39.6 Å². The molecule has 12 heteroatoms. The van der Waals surface area contributed by atoms with Crippen LogP contribution < -0.4 is 5.32 Å². The summed E-state index contributed by atoms with van der Waals surface area (Å²) >= 11 is 6.34. The van der Waals surface area contributed by atoms with E-state index in [1.807, 2.05) is 39.0 Å². The molecule has 0 aliphatic carbocycles. The van der Waals surface area contributed by atoms with Crippen LogP contribution in [-0.4, -0.2) is 65.4 Å². The Morgan fingerprint density at radius 3 is 2.74 bits per heavy atom. The van der Waals surface area contributed by atoms with Gasteiger partial charge in [-0.3, -0.25) is 4.79 Å². The maximum Gasteiger partial charge on any atom is 0.410 e. The molecule has 0 unspecified atom stereocenters. The highest BCUT2D eigenvalue weighted by molar-refractivity contribution is 6.34. The Kier molecular flexibility index (Phi) is 5.64. The number of likely N-dealkylation sites (tertiary alicyclic amines) is 1. The van der Waals surface area contributed by atoms with Gasteiger partial charge in [-0.25, -0.2) is 9.31 Å². The molecule has 4 heterocycles. The smallest absolute Gasteiger partial charge is 0.410 e. The number of tetrazole rings is 1. The lowest BCUT2D eigenvalue weighted by molar-refractivity contribution is 0.00750. The van der Waals surface area contributed by atoms with Crippen LogP contribution in [0.2, 0.25) is 5.02 Å². The first-order valence-corrected chi connectivity index (χ1v) is 11.4. The lowest BCUT2D eigenvalue weighted by Gasteiger charge is -2.38. The van der Waals surface area contributed by atoms with E-state index >= 15 is 0 Å². The molecule has 1 saturated heterocycles. The van der Waals surface area contributed by atoms with E-state index in [0.29, 0.717) is 46.4 Å². The number of rotatable bonds is 4. The van der Waals surface area contributed by atoms with Crippen LogP contribution in [0.15, 0.2) is 48.8 Å². The quantitative estimate of drug-likeness (QED) is 0.460. The third kappa shape index (κ3) is 4.67. The summed E-state index contributed by atoms with van der Waals surface area (Å²) in [6, 6.07) is 10.5. The Bertz CT molecular complexity index is 1420. The van der Waals surface area contributed by atoms with Gasteiger partial charge in [-0.15, -0.1) is 15.0 Å². The van der Waals surface area contributed by atoms with Gasteiger partial charge in [0.1, 0.15) is 5.60 Å². The Morgan fingerprint density at radius 1 is 1.17 bits per heavy atom. The van der Waals surface area contributed by atoms with Gasteiger partial charge in [0.15, 0.2) is 5.82 Å². The first-order valence-electron chi connectivity index (χ1n) is 11.0. The van der Waals surface area contributed by atoms with Crippen LogP contribution in [-0.2, 0) is 4.74 Å². The molecule has 1 aliphatic rings. The molecular formula is C23H23ClN8O3. The van der Waals surface area contributed by atoms with Crippen molar-refractivity contribution in [1.82, 2.24) is 34.7 Å². The minimum absolute atomic E-state index is 0.0293. The first kappa shape index (κ1) is 22.8. The number of ether oxygens (including phenoxy) is 1. The van der Waals surface area contributed by atoms with E-state index in [2.05, 4.69) is 25.8 Å². The number of benzene rings is 1. The molecule has 5 rings (SSSR count). The molecule has 0 bridgehead atoms. The second kappa shape index (κ2) is 8.66. The average Bonchev–Trinajstić information content (AvgIpc) is 3.40. The second-order valence-electron chi connectivity index (χ2n) is 9.23. The van der Waals surface area contributed by atoms with Crippen LogP contribution in [0.5, 0.6) is 0 Å². The molecule has 4 aromatic rings. The normalized spacial score (nSPS) is 14.1. The number of amides is 2. The van der Waals surface area contributed by atoms with Crippen LogP contribution in [0.4, 0.5) is 10.5 Å². The van der Waals surface area contributed by atoms with E-state index < -0.39 is 5.60 Å². The minimum atomic E-state index is -0.545. The summed E-state index contributed by atoms with van der Waals surface area (Å²) in [5, 5.41) is 20.1. The molecule has 1 fully saturated rings. The largest absolute Gasteiger partial charge is 0.444 e. The van der Waals surface area contributed by atoms with Gasteiger partial charge in [-0.05, 0) is 56.3 Å². The monoisotopic (exact) mass is 494 g/mol. The molecule has 3 aromatic heterocycles. The van der Waals surface area contributed by atoms with Crippen molar-refractivity contribution in [2.24, 2.45) is 0 Å². The van der Waals surface area contributed by atoms with E-state index in [0.717, 1.165) is 0 Å². The number of carbonyl (C=O) groups is 2. The number of hydrogen-bond donors (Lipinski definition) is 1. The van der Waals surface area contributed by atoms with Crippen molar-refractivity contribution in [2.45, 2.75) is 32.3 Å². The van der Waals surface area contributed by atoms with Crippen molar-refractivity contribution in [1.29, 1.82) is 0 Å². The second-order valence-corrected chi connectivity index (χ2v) is 9.63. The number of pyridine rings is 1. The van der Waals surface area contributed by atoms with Gasteiger partial charge in [0, 0.05) is 19.3 Å². The highest BCUT2D eigenvalue weighted by atomic mass is 35.5. The van der Waals surface area contributed by atoms with E-state index in [9.17, 15) is 9.59 Å². The third-order valence-electron chi connectivity index (χ3n) is 5.43. The summed E-state index contributed by atoms with van der Waals surface area (Å²) < 4.78 is 7.00. The first-order chi connectivity index (χ1) is 16.7. The average molecular weight is 495 g/mol. The molecule has 0 atom stereocenters. The van der Waals surface area contributed by atoms with Gasteiger partial charge in [-0.1, -0.05) is 17.7 Å². The predicted molar refractivity (Wildman–Crippen MR) is 128 cm³/mol. The number of hydrogen-bond acceptors (Lipinski definition) is 7. The molecule has 0 radical (unpaired) electrons. The molecule has 180 valence electrons. The molecular weight excluding hydrogens is 472 g/mol. The summed E-state index contributed by atoms with van der Waals surface area (Å²) in [4.78, 5) is 28.0. The van der Waals surface area contributed by atoms with Crippen LogP contribution in [0.3, 0.4) is 0 Å². The van der Waals surface area contributed by atoms with Crippen molar-refractivity contribution in [2.75, 3.05) is 18.4 Å². The summed E-state index contributed by atoms with van der Waals surface area (Å²) in [6.45, 7) is 6.41. The molecule has 35 heavy (non-hydrogen) atoms. The number of halogens is 1. The van der Waals surface area contributed by atoms with E-state index in [1.165, 1.54) is 11.0 Å². The van der Waals surface area contributed by atoms with Crippen LogP contribution in [0.25, 0.3) is 11.2 Å². The number of aromatic nitrogens is 6. The van der Waals surface area contributed by atoms with Crippen LogP contribution in [0.1, 0.15) is 42.9 Å². The van der Waals surface area contributed by atoms with Crippen molar-refractivity contribution < 1.29 is 14.3 Å². The Balaban J connectivity index is 1.28. The van der Waals surface area contributed by atoms with Gasteiger partial charge in [-0.2, -0.15) is 5.10 Å². The topological polar surface area (TPSA) is 120 Å². The lowest BCUT2D eigenvalue weighted by atomic mass is 10.0. The maximum absolute atomic E-state index is 12.9. The zero-order chi connectivity index (χ0) is 24.7. The molecule has 0 spiro atoms. The Morgan fingerprint density at radius 2 is 1.97 bits per heavy atom. The Labute approximate surface area is 205 Å². The maximum atomic E-state index is 12.9. The molecule has 2 amide bonds. The standard InChI is InChI=1S/C23H23ClN8O3/c1-23(2,3)35-22(34)30-12-14(13-30)20-27-29-32(28-20)15-7-8-17(24)18(10-15)26-21(33)16-11-25-31-9-5-4-6-19(16)31/h4-11,14H,12-13H2,1-3H3,(H,26,33). The predicted octanol–water partition coefficient (Wildman–Crippen LogP) is 3.55. The summed E-state index contributed by atoms with van der Waals surface area (Å²) in [5.41, 5.74) is 1.54. The van der Waals surface area contributed by atoms with Gasteiger partial charge >= 0.3 is 6.09 Å². The third-order valence-corrected chi connectivity index (χ3v) is 5.76. The fourth-order valence-corrected chi connectivity index (χ4v) is 3.81. The van der Waals surface area contributed by atoms with Crippen LogP contribution in [0, 0.1) is 0 Å². The molecule has 1 N–H and O–H groups in total. The molecule has 0 saturated carbocycles. The van der Waals surface area contributed by atoms with Gasteiger partial charge in [0.25, 0.3) is 5.91 Å². The SMILES string of the molecule is CC(C)(C)OC(=O)N1CC(c2nnn(-c3ccc(Cl)c(NC(=O)c4cnn5ccccc45)c3)n2)C1. The zero-order valence-electron chi connectivity index (χ0n) is 19.3. The number of anilines is 1. The number of carbonyl (C=O) groups excluding carboxylic acids is 2. The van der Waals surface area contributed by atoms with Gasteiger partial charge in [0.2, 0.25) is 0 Å². The molecule has 11 nitrogen and oxygen atoms in total. The van der Waals surface area contributed by atoms with E-state index in [1.54, 1.807) is 33.8 Å². The fourth-order valence-electron chi connectivity index (χ4n) is 3.65. The zero-order valence-corrected chi connectivity index (χ0v) is 20.1. The fraction of sp³-hybridized carbons (Fsp3) is 0.304.